The molecule has 1 aliphatic heterocycles. The lowest BCUT2D eigenvalue weighted by atomic mass is 9.98. The fourth-order valence-corrected chi connectivity index (χ4v) is 4.65. The predicted octanol–water partition coefficient (Wildman–Crippen LogP) is 4.29. The summed E-state index contributed by atoms with van der Waals surface area (Å²) in [5.41, 5.74) is 3.38. The molecule has 0 saturated carbocycles. The molecule has 0 unspecified atom stereocenters. The van der Waals surface area contributed by atoms with Gasteiger partial charge in [-0.3, -0.25) is 9.69 Å². The molecule has 1 amide bonds. The molecule has 0 radical (unpaired) electrons. The summed E-state index contributed by atoms with van der Waals surface area (Å²) in [7, 11) is 1.59. The van der Waals surface area contributed by atoms with Gasteiger partial charge in [0.1, 0.15) is 5.75 Å². The highest BCUT2D eigenvalue weighted by molar-refractivity contribution is 7.10. The zero-order valence-corrected chi connectivity index (χ0v) is 16.7. The number of nitrogens with zero attached hydrogens (tertiary/aromatic N) is 1. The number of carbonyl (C=O) groups is 1. The Kier molecular flexibility index (Phi) is 5.74. The Balaban J connectivity index is 1.51. The van der Waals surface area contributed by atoms with Crippen LogP contribution in [0.15, 0.2) is 66.0 Å². The van der Waals surface area contributed by atoms with Crippen LogP contribution in [-0.4, -0.2) is 31.0 Å². The van der Waals surface area contributed by atoms with E-state index in [9.17, 15) is 4.79 Å². The second-order valence-electron chi connectivity index (χ2n) is 6.93. The molecule has 1 N–H and O–H groups in total. The van der Waals surface area contributed by atoms with Crippen LogP contribution in [0.25, 0.3) is 0 Å². The molecule has 144 valence electrons. The largest absolute Gasteiger partial charge is 0.496 e. The number of nitrogens with one attached hydrogen (secondary N) is 1. The van der Waals surface area contributed by atoms with Gasteiger partial charge in [0.25, 0.3) is 5.91 Å². The third-order valence-corrected chi connectivity index (χ3v) is 6.25. The lowest BCUT2D eigenvalue weighted by Crippen LogP contribution is -2.40. The van der Waals surface area contributed by atoms with E-state index in [2.05, 4.69) is 52.0 Å². The summed E-state index contributed by atoms with van der Waals surface area (Å²) in [6.45, 7) is 2.47. The fourth-order valence-electron chi connectivity index (χ4n) is 3.79. The van der Waals surface area contributed by atoms with Crippen molar-refractivity contribution < 1.29 is 9.53 Å². The molecule has 0 spiro atoms. The number of para-hydroxylation sites is 1. The summed E-state index contributed by atoms with van der Waals surface area (Å²) >= 11 is 1.74. The number of amides is 1. The Bertz CT molecular complexity index is 939. The van der Waals surface area contributed by atoms with E-state index in [1.807, 2.05) is 18.2 Å². The van der Waals surface area contributed by atoms with Gasteiger partial charge in [0.15, 0.2) is 0 Å². The number of benzene rings is 2. The number of fused-ring (bicyclic) bond motifs is 1. The summed E-state index contributed by atoms with van der Waals surface area (Å²) < 4.78 is 5.33. The van der Waals surface area contributed by atoms with Crippen LogP contribution in [-0.2, 0) is 13.0 Å². The van der Waals surface area contributed by atoms with Crippen LogP contribution >= 0.6 is 11.3 Å². The lowest BCUT2D eigenvalue weighted by molar-refractivity contribution is 0.0926. The van der Waals surface area contributed by atoms with Crippen LogP contribution in [0.2, 0.25) is 0 Å². The summed E-state index contributed by atoms with van der Waals surface area (Å²) in [6, 6.07) is 20.4. The van der Waals surface area contributed by atoms with Gasteiger partial charge in [-0.25, -0.2) is 0 Å². The van der Waals surface area contributed by atoms with E-state index in [-0.39, 0.29) is 11.9 Å². The maximum absolute atomic E-state index is 12.8. The number of rotatable bonds is 6. The predicted molar refractivity (Wildman–Crippen MR) is 113 cm³/mol. The molecule has 4 nitrogen and oxygen atoms in total. The van der Waals surface area contributed by atoms with Gasteiger partial charge in [0.2, 0.25) is 0 Å². The first kappa shape index (κ1) is 18.7. The van der Waals surface area contributed by atoms with Gasteiger partial charge in [-0.2, -0.15) is 0 Å². The highest BCUT2D eigenvalue weighted by atomic mass is 32.1. The van der Waals surface area contributed by atoms with Gasteiger partial charge in [-0.05, 0) is 41.1 Å². The van der Waals surface area contributed by atoms with Crippen molar-refractivity contribution in [3.8, 4) is 5.75 Å². The smallest absolute Gasteiger partial charge is 0.255 e. The minimum absolute atomic E-state index is 0.101. The first-order valence-corrected chi connectivity index (χ1v) is 10.4. The minimum atomic E-state index is -0.101. The number of carbonyl (C=O) groups excluding carboxylic acids is 1. The number of methoxy groups -OCH3 is 1. The monoisotopic (exact) mass is 392 g/mol. The van der Waals surface area contributed by atoms with E-state index >= 15 is 0 Å². The molecule has 0 saturated heterocycles. The zero-order valence-electron chi connectivity index (χ0n) is 15.9. The second-order valence-corrected chi connectivity index (χ2v) is 7.91. The van der Waals surface area contributed by atoms with Gasteiger partial charge < -0.3 is 10.1 Å². The third-order valence-electron chi connectivity index (χ3n) is 5.28. The first-order chi connectivity index (χ1) is 13.8. The molecule has 1 atom stereocenters. The van der Waals surface area contributed by atoms with Gasteiger partial charge in [0.05, 0.1) is 18.7 Å². The van der Waals surface area contributed by atoms with E-state index in [0.717, 1.165) is 19.5 Å². The lowest BCUT2D eigenvalue weighted by Gasteiger charge is -2.35. The van der Waals surface area contributed by atoms with Crippen LogP contribution < -0.4 is 10.1 Å². The van der Waals surface area contributed by atoms with Gasteiger partial charge >= 0.3 is 0 Å². The number of hydrogen-bond donors (Lipinski definition) is 1. The highest BCUT2D eigenvalue weighted by Crippen LogP contribution is 2.30. The summed E-state index contributed by atoms with van der Waals surface area (Å²) in [5.74, 6) is 0.496. The van der Waals surface area contributed by atoms with Crippen LogP contribution in [0.1, 0.15) is 32.4 Å². The third kappa shape index (κ3) is 3.96. The normalized spacial score (nSPS) is 14.9. The second kappa shape index (κ2) is 8.59. The average molecular weight is 393 g/mol. The van der Waals surface area contributed by atoms with Crippen molar-refractivity contribution in [3.05, 3.63) is 87.6 Å². The molecule has 28 heavy (non-hydrogen) atoms. The van der Waals surface area contributed by atoms with E-state index in [1.165, 1.54) is 16.0 Å². The molecule has 3 aromatic rings. The Morgan fingerprint density at radius 1 is 1.11 bits per heavy atom. The topological polar surface area (TPSA) is 41.6 Å². The van der Waals surface area contributed by atoms with E-state index in [1.54, 1.807) is 24.5 Å². The fraction of sp³-hybridized carbons (Fsp3) is 0.261. The van der Waals surface area contributed by atoms with Crippen molar-refractivity contribution in [3.63, 3.8) is 0 Å². The standard InChI is InChI=1S/C23H24N2O2S/c1-27-21-10-5-4-9-19(21)23(26)24-15-20(22-11-6-14-28-22)25-13-12-17-7-2-3-8-18(17)16-25/h2-11,14,20H,12-13,15-16H2,1H3,(H,24,26)/t20-/m1/s1. The Morgan fingerprint density at radius 2 is 1.89 bits per heavy atom. The molecule has 0 fully saturated rings. The van der Waals surface area contributed by atoms with Crippen molar-refractivity contribution in [1.82, 2.24) is 10.2 Å². The molecule has 2 aromatic carbocycles. The van der Waals surface area contributed by atoms with Crippen molar-refractivity contribution >= 4 is 17.2 Å². The Hall–Kier alpha value is -2.63. The maximum atomic E-state index is 12.8. The maximum Gasteiger partial charge on any atom is 0.255 e. The summed E-state index contributed by atoms with van der Waals surface area (Å²) in [5, 5.41) is 5.23. The van der Waals surface area contributed by atoms with Gasteiger partial charge in [-0.15, -0.1) is 11.3 Å². The molecular formula is C23H24N2O2S. The van der Waals surface area contributed by atoms with Crippen LogP contribution in [0.4, 0.5) is 0 Å². The first-order valence-electron chi connectivity index (χ1n) is 9.51. The van der Waals surface area contributed by atoms with E-state index < -0.39 is 0 Å². The average Bonchev–Trinajstić information content (AvgIpc) is 3.28. The Morgan fingerprint density at radius 3 is 2.68 bits per heavy atom. The van der Waals surface area contributed by atoms with Crippen molar-refractivity contribution in [1.29, 1.82) is 0 Å². The molecule has 1 aromatic heterocycles. The molecule has 2 heterocycles. The number of hydrogen-bond acceptors (Lipinski definition) is 4. The van der Waals surface area contributed by atoms with Crippen molar-refractivity contribution in [2.75, 3.05) is 20.2 Å². The molecule has 4 rings (SSSR count). The Labute approximate surface area is 169 Å². The molecule has 1 aliphatic rings. The van der Waals surface area contributed by atoms with Crippen LogP contribution in [0.5, 0.6) is 5.75 Å². The zero-order chi connectivity index (χ0) is 19.3. The van der Waals surface area contributed by atoms with Crippen LogP contribution in [0, 0.1) is 0 Å². The van der Waals surface area contributed by atoms with Gasteiger partial charge in [-0.1, -0.05) is 42.5 Å². The summed E-state index contributed by atoms with van der Waals surface area (Å²) in [4.78, 5) is 16.5. The van der Waals surface area contributed by atoms with E-state index in [4.69, 9.17) is 4.74 Å². The molecule has 0 bridgehead atoms. The number of thiophene rings is 1. The van der Waals surface area contributed by atoms with Crippen LogP contribution in [0.3, 0.4) is 0 Å². The quantitative estimate of drug-likeness (QED) is 0.681. The van der Waals surface area contributed by atoms with Crippen molar-refractivity contribution in [2.24, 2.45) is 0 Å². The minimum Gasteiger partial charge on any atom is -0.496 e. The van der Waals surface area contributed by atoms with E-state index in [0.29, 0.717) is 17.9 Å². The van der Waals surface area contributed by atoms with Crippen molar-refractivity contribution in [2.45, 2.75) is 19.0 Å². The molecule has 0 aliphatic carbocycles. The van der Waals surface area contributed by atoms with Gasteiger partial charge in [0, 0.05) is 24.5 Å². The molecular weight excluding hydrogens is 368 g/mol. The molecule has 5 heteroatoms. The number of ether oxygens (including phenoxy) is 1. The SMILES string of the molecule is COc1ccccc1C(=O)NC[C@H](c1cccs1)N1CCc2ccccc2C1. The summed E-state index contributed by atoms with van der Waals surface area (Å²) in [6.07, 6.45) is 1.04. The highest BCUT2D eigenvalue weighted by Gasteiger charge is 2.26.